The van der Waals surface area contributed by atoms with Gasteiger partial charge in [0.2, 0.25) is 5.91 Å². The molecule has 0 saturated heterocycles. The maximum Gasteiger partial charge on any atom is 0.304 e. The Morgan fingerprint density at radius 1 is 1.33 bits per heavy atom. The summed E-state index contributed by atoms with van der Waals surface area (Å²) in [7, 11) is 0. The highest BCUT2D eigenvalue weighted by atomic mass is 16.4. The number of aryl methyl sites for hydroxylation is 1. The van der Waals surface area contributed by atoms with Gasteiger partial charge in [-0.25, -0.2) is 0 Å². The van der Waals surface area contributed by atoms with Gasteiger partial charge >= 0.3 is 5.97 Å². The van der Waals surface area contributed by atoms with E-state index in [1.807, 2.05) is 31.2 Å². The van der Waals surface area contributed by atoms with Crippen molar-refractivity contribution in [2.24, 2.45) is 0 Å². The van der Waals surface area contributed by atoms with Crippen molar-refractivity contribution in [3.05, 3.63) is 29.8 Å². The Morgan fingerprint density at radius 3 is 2.78 bits per heavy atom. The third kappa shape index (κ3) is 5.45. The molecule has 0 aromatic heterocycles. The van der Waals surface area contributed by atoms with Crippen molar-refractivity contribution < 1.29 is 14.7 Å². The van der Waals surface area contributed by atoms with E-state index in [9.17, 15) is 9.59 Å². The van der Waals surface area contributed by atoms with Gasteiger partial charge in [0.05, 0.1) is 13.0 Å². The van der Waals surface area contributed by atoms with E-state index in [4.69, 9.17) is 5.11 Å². The van der Waals surface area contributed by atoms with E-state index in [0.29, 0.717) is 0 Å². The topological polar surface area (TPSA) is 78.4 Å². The summed E-state index contributed by atoms with van der Waals surface area (Å²) in [6.07, 6.45) is 0.930. The molecule has 1 aromatic carbocycles. The number of rotatable bonds is 7. The quantitative estimate of drug-likeness (QED) is 0.636. The molecule has 5 heteroatoms. The molecule has 0 unspecified atom stereocenters. The zero-order chi connectivity index (χ0) is 13.4. The molecule has 0 bridgehead atoms. The summed E-state index contributed by atoms with van der Waals surface area (Å²) in [5.41, 5.74) is 1.92. The van der Waals surface area contributed by atoms with Gasteiger partial charge in [-0.05, 0) is 24.1 Å². The fourth-order valence-electron chi connectivity index (χ4n) is 1.47. The number of hydrogen-bond acceptors (Lipinski definition) is 3. The highest BCUT2D eigenvalue weighted by Gasteiger charge is 2.03. The number of nitrogens with one attached hydrogen (secondary N) is 2. The van der Waals surface area contributed by atoms with E-state index >= 15 is 0 Å². The van der Waals surface area contributed by atoms with Crippen LogP contribution in [-0.2, 0) is 16.0 Å². The molecule has 0 fully saturated rings. The second kappa shape index (κ2) is 7.45. The van der Waals surface area contributed by atoms with Gasteiger partial charge in [-0.2, -0.15) is 0 Å². The summed E-state index contributed by atoms with van der Waals surface area (Å²) in [5.74, 6) is -1.05. The van der Waals surface area contributed by atoms with Crippen molar-refractivity contribution in [1.29, 1.82) is 0 Å². The van der Waals surface area contributed by atoms with Crippen molar-refractivity contribution >= 4 is 17.6 Å². The van der Waals surface area contributed by atoms with Crippen molar-refractivity contribution in [3.63, 3.8) is 0 Å². The number of carboxylic acid groups (broad SMARTS) is 1. The van der Waals surface area contributed by atoms with Gasteiger partial charge in [-0.15, -0.1) is 0 Å². The molecular formula is C13H18N2O3. The minimum atomic E-state index is -0.876. The average Bonchev–Trinajstić information content (AvgIpc) is 2.34. The van der Waals surface area contributed by atoms with Crippen LogP contribution in [0.2, 0.25) is 0 Å². The van der Waals surface area contributed by atoms with Crippen LogP contribution in [0.15, 0.2) is 24.3 Å². The van der Waals surface area contributed by atoms with Gasteiger partial charge in [-0.1, -0.05) is 19.1 Å². The molecule has 0 aliphatic rings. The fraction of sp³-hybridized carbons (Fsp3) is 0.385. The molecule has 0 spiro atoms. The molecular weight excluding hydrogens is 232 g/mol. The van der Waals surface area contributed by atoms with Crippen LogP contribution in [0.5, 0.6) is 0 Å². The molecule has 0 saturated carbocycles. The molecule has 1 aromatic rings. The molecule has 0 aliphatic heterocycles. The van der Waals surface area contributed by atoms with E-state index in [0.717, 1.165) is 17.7 Å². The summed E-state index contributed by atoms with van der Waals surface area (Å²) in [6.45, 7) is 2.45. The first kappa shape index (κ1) is 14.2. The SMILES string of the molecule is CCc1cccc(NC(=O)CNCCC(=O)O)c1. The van der Waals surface area contributed by atoms with Crippen LogP contribution in [0.3, 0.4) is 0 Å². The van der Waals surface area contributed by atoms with E-state index in [-0.39, 0.29) is 25.4 Å². The average molecular weight is 250 g/mol. The molecule has 5 nitrogen and oxygen atoms in total. The second-order valence-electron chi connectivity index (χ2n) is 3.92. The largest absolute Gasteiger partial charge is 0.481 e. The molecule has 1 amide bonds. The first-order chi connectivity index (χ1) is 8.61. The van der Waals surface area contributed by atoms with Gasteiger partial charge in [0.15, 0.2) is 0 Å². The van der Waals surface area contributed by atoms with Crippen molar-refractivity contribution in [2.75, 3.05) is 18.4 Å². The van der Waals surface area contributed by atoms with Gasteiger partial charge in [0, 0.05) is 12.2 Å². The van der Waals surface area contributed by atoms with Crippen LogP contribution in [0.25, 0.3) is 0 Å². The minimum Gasteiger partial charge on any atom is -0.481 e. The minimum absolute atomic E-state index is 0.0125. The number of carbonyl (C=O) groups is 2. The summed E-state index contributed by atoms with van der Waals surface area (Å²) in [5, 5.41) is 14.0. The molecule has 3 N–H and O–H groups in total. The third-order valence-corrected chi connectivity index (χ3v) is 2.42. The Morgan fingerprint density at radius 2 is 2.11 bits per heavy atom. The van der Waals surface area contributed by atoms with Crippen LogP contribution < -0.4 is 10.6 Å². The summed E-state index contributed by atoms with van der Waals surface area (Å²) in [6, 6.07) is 7.65. The van der Waals surface area contributed by atoms with Gasteiger partial charge in [-0.3, -0.25) is 9.59 Å². The van der Waals surface area contributed by atoms with E-state index in [2.05, 4.69) is 10.6 Å². The predicted molar refractivity (Wildman–Crippen MR) is 69.6 cm³/mol. The number of hydrogen-bond donors (Lipinski definition) is 3. The van der Waals surface area contributed by atoms with Crippen LogP contribution in [-0.4, -0.2) is 30.1 Å². The molecule has 0 heterocycles. The summed E-state index contributed by atoms with van der Waals surface area (Å²) < 4.78 is 0. The van der Waals surface area contributed by atoms with Gasteiger partial charge < -0.3 is 15.7 Å². The summed E-state index contributed by atoms with van der Waals surface area (Å²) in [4.78, 5) is 21.8. The van der Waals surface area contributed by atoms with E-state index in [1.54, 1.807) is 0 Å². The lowest BCUT2D eigenvalue weighted by Gasteiger charge is -2.07. The molecule has 0 atom stereocenters. The first-order valence-electron chi connectivity index (χ1n) is 5.93. The van der Waals surface area contributed by atoms with Gasteiger partial charge in [0.25, 0.3) is 0 Å². The standard InChI is InChI=1S/C13H18N2O3/c1-2-10-4-3-5-11(8-10)15-12(16)9-14-7-6-13(17)18/h3-5,8,14H,2,6-7,9H2,1H3,(H,15,16)(H,17,18). The van der Waals surface area contributed by atoms with Crippen LogP contribution in [0.1, 0.15) is 18.9 Å². The van der Waals surface area contributed by atoms with E-state index in [1.165, 1.54) is 0 Å². The summed E-state index contributed by atoms with van der Waals surface area (Å²) >= 11 is 0. The molecule has 0 radical (unpaired) electrons. The number of carbonyl (C=O) groups excluding carboxylic acids is 1. The lowest BCUT2D eigenvalue weighted by Crippen LogP contribution is -2.29. The molecule has 98 valence electrons. The Kier molecular flexibility index (Phi) is 5.87. The van der Waals surface area contributed by atoms with Crippen molar-refractivity contribution in [1.82, 2.24) is 5.32 Å². The number of aliphatic carboxylic acids is 1. The number of amides is 1. The highest BCUT2D eigenvalue weighted by molar-refractivity contribution is 5.92. The monoisotopic (exact) mass is 250 g/mol. The van der Waals surface area contributed by atoms with Crippen LogP contribution >= 0.6 is 0 Å². The Hall–Kier alpha value is -1.88. The predicted octanol–water partition coefficient (Wildman–Crippen LogP) is 1.25. The molecule has 0 aliphatic carbocycles. The zero-order valence-corrected chi connectivity index (χ0v) is 10.4. The smallest absolute Gasteiger partial charge is 0.304 e. The zero-order valence-electron chi connectivity index (χ0n) is 10.4. The van der Waals surface area contributed by atoms with Crippen molar-refractivity contribution in [2.45, 2.75) is 19.8 Å². The van der Waals surface area contributed by atoms with E-state index < -0.39 is 5.97 Å². The first-order valence-corrected chi connectivity index (χ1v) is 5.93. The Bertz CT molecular complexity index is 418. The maximum absolute atomic E-state index is 11.5. The van der Waals surface area contributed by atoms with Gasteiger partial charge in [0.1, 0.15) is 0 Å². The maximum atomic E-state index is 11.5. The molecule has 18 heavy (non-hydrogen) atoms. The number of anilines is 1. The highest BCUT2D eigenvalue weighted by Crippen LogP contribution is 2.10. The normalized spacial score (nSPS) is 10.1. The number of benzene rings is 1. The van der Waals surface area contributed by atoms with Crippen molar-refractivity contribution in [3.8, 4) is 0 Å². The Labute approximate surface area is 106 Å². The number of carboxylic acids is 1. The van der Waals surface area contributed by atoms with Crippen LogP contribution in [0, 0.1) is 0 Å². The lowest BCUT2D eigenvalue weighted by molar-refractivity contribution is -0.137. The lowest BCUT2D eigenvalue weighted by atomic mass is 10.1. The molecule has 1 rings (SSSR count). The Balaban J connectivity index is 2.33. The third-order valence-electron chi connectivity index (χ3n) is 2.42. The fourth-order valence-corrected chi connectivity index (χ4v) is 1.47. The second-order valence-corrected chi connectivity index (χ2v) is 3.92. The van der Waals surface area contributed by atoms with Crippen LogP contribution in [0.4, 0.5) is 5.69 Å².